The van der Waals surface area contributed by atoms with Gasteiger partial charge >= 0.3 is 0 Å². The molecule has 0 fully saturated rings. The number of halogens is 1. The molecular formula is C23H24FN5O4S. The predicted molar refractivity (Wildman–Crippen MR) is 130 cm³/mol. The van der Waals surface area contributed by atoms with Crippen molar-refractivity contribution in [1.82, 2.24) is 9.97 Å². The van der Waals surface area contributed by atoms with Crippen molar-refractivity contribution in [1.29, 1.82) is 0 Å². The normalized spacial score (nSPS) is 14.0. The number of amides is 1. The Kier molecular flexibility index (Phi) is 6.38. The molecule has 0 spiro atoms. The molecule has 0 unspecified atom stereocenters. The molecule has 1 amide bonds. The Morgan fingerprint density at radius 1 is 1.00 bits per heavy atom. The molecule has 178 valence electrons. The first-order valence-corrected chi connectivity index (χ1v) is 11.1. The van der Waals surface area contributed by atoms with E-state index in [1.54, 1.807) is 24.3 Å². The van der Waals surface area contributed by atoms with Crippen LogP contribution in [0.2, 0.25) is 0 Å². The zero-order valence-electron chi connectivity index (χ0n) is 19.3. The smallest absolute Gasteiger partial charge is 0.240 e. The minimum Gasteiger partial charge on any atom is -0.493 e. The standard InChI is InChI=1S/C23H24FN5O4S/c1-23(2)21(30)28-15-8-12(6-7-18(15)34-23)26-20-14(24)11-25-22(29-20)27-13-9-16(31-3)19(33-5)17(10-13)32-4/h6-11H,1-5H3,(H,28,30)(H2,25,26,27,29). The molecule has 2 heterocycles. The lowest BCUT2D eigenvalue weighted by atomic mass is 10.1. The van der Waals surface area contributed by atoms with Crippen LogP contribution in [0.15, 0.2) is 41.4 Å². The number of fused-ring (bicyclic) bond motifs is 1. The van der Waals surface area contributed by atoms with Crippen LogP contribution in [0.5, 0.6) is 17.2 Å². The number of ether oxygens (including phenoxy) is 3. The molecule has 4 rings (SSSR count). The lowest BCUT2D eigenvalue weighted by Crippen LogP contribution is -2.37. The van der Waals surface area contributed by atoms with Crippen LogP contribution >= 0.6 is 11.8 Å². The van der Waals surface area contributed by atoms with Crippen molar-refractivity contribution in [2.75, 3.05) is 37.3 Å². The first-order chi connectivity index (χ1) is 16.2. The number of rotatable bonds is 7. The molecule has 0 saturated carbocycles. The van der Waals surface area contributed by atoms with Gasteiger partial charge in [-0.25, -0.2) is 9.37 Å². The number of hydrogen-bond donors (Lipinski definition) is 3. The number of carbonyl (C=O) groups is 1. The Morgan fingerprint density at radius 2 is 1.71 bits per heavy atom. The van der Waals surface area contributed by atoms with Gasteiger partial charge in [0.15, 0.2) is 23.1 Å². The van der Waals surface area contributed by atoms with Crippen molar-refractivity contribution in [3.05, 3.63) is 42.3 Å². The highest BCUT2D eigenvalue weighted by molar-refractivity contribution is 8.01. The van der Waals surface area contributed by atoms with Crippen molar-refractivity contribution >= 4 is 46.5 Å². The topological polar surface area (TPSA) is 107 Å². The molecule has 3 N–H and O–H groups in total. The monoisotopic (exact) mass is 485 g/mol. The van der Waals surface area contributed by atoms with Crippen LogP contribution in [-0.2, 0) is 4.79 Å². The second-order valence-electron chi connectivity index (χ2n) is 7.83. The van der Waals surface area contributed by atoms with E-state index in [0.29, 0.717) is 34.3 Å². The van der Waals surface area contributed by atoms with Gasteiger partial charge in [-0.3, -0.25) is 4.79 Å². The zero-order valence-corrected chi connectivity index (χ0v) is 20.1. The number of aromatic nitrogens is 2. The highest BCUT2D eigenvalue weighted by Crippen LogP contribution is 2.43. The van der Waals surface area contributed by atoms with E-state index in [1.807, 2.05) is 19.9 Å². The van der Waals surface area contributed by atoms with Gasteiger partial charge in [0.2, 0.25) is 17.6 Å². The van der Waals surface area contributed by atoms with Gasteiger partial charge in [-0.2, -0.15) is 4.98 Å². The second-order valence-corrected chi connectivity index (χ2v) is 9.50. The lowest BCUT2D eigenvalue weighted by Gasteiger charge is -2.30. The first-order valence-electron chi connectivity index (χ1n) is 10.2. The van der Waals surface area contributed by atoms with E-state index >= 15 is 0 Å². The summed E-state index contributed by atoms with van der Waals surface area (Å²) < 4.78 is 30.0. The number of carbonyl (C=O) groups excluding carboxylic acids is 1. The number of nitrogens with zero attached hydrogens (tertiary/aromatic N) is 2. The van der Waals surface area contributed by atoms with E-state index < -0.39 is 10.6 Å². The number of benzene rings is 2. The average molecular weight is 486 g/mol. The van der Waals surface area contributed by atoms with Crippen LogP contribution in [0.1, 0.15) is 13.8 Å². The molecule has 0 bridgehead atoms. The maximum absolute atomic E-state index is 14.5. The lowest BCUT2D eigenvalue weighted by molar-refractivity contribution is -0.117. The SMILES string of the molecule is COc1cc(Nc2ncc(F)c(Nc3ccc4c(c3)NC(=O)C(C)(C)S4)n2)cc(OC)c1OC. The summed E-state index contributed by atoms with van der Waals surface area (Å²) in [4.78, 5) is 21.5. The van der Waals surface area contributed by atoms with Crippen molar-refractivity contribution < 1.29 is 23.4 Å². The first kappa shape index (κ1) is 23.4. The Hall–Kier alpha value is -3.73. The molecular weight excluding hydrogens is 461 g/mol. The maximum atomic E-state index is 14.5. The van der Waals surface area contributed by atoms with Gasteiger partial charge in [0, 0.05) is 28.4 Å². The minimum absolute atomic E-state index is 0.0278. The fourth-order valence-electron chi connectivity index (χ4n) is 3.32. The summed E-state index contributed by atoms with van der Waals surface area (Å²) in [6, 6.07) is 8.78. The van der Waals surface area contributed by atoms with Crippen LogP contribution in [0, 0.1) is 5.82 Å². The third-order valence-electron chi connectivity index (χ3n) is 5.07. The van der Waals surface area contributed by atoms with E-state index in [0.717, 1.165) is 11.1 Å². The Morgan fingerprint density at radius 3 is 2.35 bits per heavy atom. The van der Waals surface area contributed by atoms with E-state index in [4.69, 9.17) is 14.2 Å². The molecule has 0 atom stereocenters. The van der Waals surface area contributed by atoms with Gasteiger partial charge in [-0.15, -0.1) is 11.8 Å². The molecule has 9 nitrogen and oxygen atoms in total. The third kappa shape index (κ3) is 4.65. The van der Waals surface area contributed by atoms with Gasteiger partial charge in [0.05, 0.1) is 38.0 Å². The summed E-state index contributed by atoms with van der Waals surface area (Å²) in [7, 11) is 4.54. The largest absolute Gasteiger partial charge is 0.493 e. The summed E-state index contributed by atoms with van der Waals surface area (Å²) in [5.74, 6) is 0.740. The minimum atomic E-state index is -0.632. The molecule has 0 aliphatic carbocycles. The fourth-order valence-corrected chi connectivity index (χ4v) is 4.37. The highest BCUT2D eigenvalue weighted by atomic mass is 32.2. The van der Waals surface area contributed by atoms with Crippen molar-refractivity contribution in [3.63, 3.8) is 0 Å². The van der Waals surface area contributed by atoms with Gasteiger partial charge < -0.3 is 30.2 Å². The van der Waals surface area contributed by atoms with E-state index in [-0.39, 0.29) is 17.7 Å². The molecule has 1 aliphatic rings. The van der Waals surface area contributed by atoms with Crippen LogP contribution < -0.4 is 30.2 Å². The number of thioether (sulfide) groups is 1. The molecule has 1 aromatic heterocycles. The van der Waals surface area contributed by atoms with Crippen LogP contribution in [0.3, 0.4) is 0 Å². The Labute approximate surface area is 200 Å². The highest BCUT2D eigenvalue weighted by Gasteiger charge is 2.34. The third-order valence-corrected chi connectivity index (χ3v) is 6.34. The average Bonchev–Trinajstić information content (AvgIpc) is 2.81. The predicted octanol–water partition coefficient (Wildman–Crippen LogP) is 4.95. The molecule has 3 aromatic rings. The molecule has 34 heavy (non-hydrogen) atoms. The summed E-state index contributed by atoms with van der Waals surface area (Å²) in [5, 5.41) is 8.86. The van der Waals surface area contributed by atoms with Crippen LogP contribution in [0.4, 0.5) is 33.2 Å². The van der Waals surface area contributed by atoms with Gasteiger partial charge in [-0.1, -0.05) is 0 Å². The number of nitrogens with one attached hydrogen (secondary N) is 3. The maximum Gasteiger partial charge on any atom is 0.240 e. The quantitative estimate of drug-likeness (QED) is 0.428. The second kappa shape index (κ2) is 9.26. The van der Waals surface area contributed by atoms with Gasteiger partial charge in [0.1, 0.15) is 0 Å². The summed E-state index contributed by atoms with van der Waals surface area (Å²) in [6.45, 7) is 3.72. The number of hydrogen-bond acceptors (Lipinski definition) is 9. The van der Waals surface area contributed by atoms with Crippen molar-refractivity contribution in [2.24, 2.45) is 0 Å². The van der Waals surface area contributed by atoms with Crippen molar-refractivity contribution in [2.45, 2.75) is 23.5 Å². The van der Waals surface area contributed by atoms with Gasteiger partial charge in [-0.05, 0) is 32.0 Å². The Balaban J connectivity index is 1.58. The van der Waals surface area contributed by atoms with Crippen molar-refractivity contribution in [3.8, 4) is 17.2 Å². The van der Waals surface area contributed by atoms with Gasteiger partial charge in [0.25, 0.3) is 0 Å². The zero-order chi connectivity index (χ0) is 24.5. The van der Waals surface area contributed by atoms with E-state index in [9.17, 15) is 9.18 Å². The van der Waals surface area contributed by atoms with Crippen LogP contribution in [-0.4, -0.2) is 42.0 Å². The Bertz CT molecular complexity index is 1230. The molecule has 0 radical (unpaired) electrons. The number of anilines is 5. The molecule has 2 aromatic carbocycles. The van der Waals surface area contributed by atoms with E-state index in [1.165, 1.54) is 33.1 Å². The fraction of sp³-hybridized carbons (Fsp3) is 0.261. The summed E-state index contributed by atoms with van der Waals surface area (Å²) in [6.07, 6.45) is 1.06. The summed E-state index contributed by atoms with van der Waals surface area (Å²) >= 11 is 1.47. The molecule has 0 saturated heterocycles. The van der Waals surface area contributed by atoms with E-state index in [2.05, 4.69) is 25.9 Å². The number of methoxy groups -OCH3 is 3. The molecule has 1 aliphatic heterocycles. The molecule has 11 heteroatoms. The summed E-state index contributed by atoms with van der Waals surface area (Å²) in [5.41, 5.74) is 1.78. The van der Waals surface area contributed by atoms with Crippen LogP contribution in [0.25, 0.3) is 0 Å².